The third kappa shape index (κ3) is 3.07. The zero-order valence-electron chi connectivity index (χ0n) is 11.0. The van der Waals surface area contributed by atoms with Gasteiger partial charge < -0.3 is 10.3 Å². The molecule has 0 aromatic carbocycles. The molecule has 2 heterocycles. The van der Waals surface area contributed by atoms with Crippen molar-refractivity contribution in [1.29, 1.82) is 0 Å². The van der Waals surface area contributed by atoms with Crippen LogP contribution < -0.4 is 5.73 Å². The van der Waals surface area contributed by atoms with E-state index >= 15 is 0 Å². The molecule has 0 radical (unpaired) electrons. The summed E-state index contributed by atoms with van der Waals surface area (Å²) in [5, 5.41) is 0. The van der Waals surface area contributed by atoms with Gasteiger partial charge in [0.2, 0.25) is 0 Å². The van der Waals surface area contributed by atoms with E-state index in [0.29, 0.717) is 12.0 Å². The lowest BCUT2D eigenvalue weighted by Crippen LogP contribution is -2.45. The van der Waals surface area contributed by atoms with Crippen LogP contribution >= 0.6 is 0 Å². The van der Waals surface area contributed by atoms with Crippen LogP contribution in [0.3, 0.4) is 0 Å². The van der Waals surface area contributed by atoms with Crippen molar-refractivity contribution in [2.45, 2.75) is 45.8 Å². The first-order chi connectivity index (χ1) is 8.20. The smallest absolute Gasteiger partial charge is 0.0948 e. The number of piperidine rings is 1. The van der Waals surface area contributed by atoms with Crippen LogP contribution in [0.5, 0.6) is 0 Å². The Bertz CT molecular complexity index is 347. The highest BCUT2D eigenvalue weighted by molar-refractivity contribution is 4.99. The van der Waals surface area contributed by atoms with Crippen molar-refractivity contribution >= 4 is 0 Å². The summed E-state index contributed by atoms with van der Waals surface area (Å²) in [4.78, 5) is 6.75. The van der Waals surface area contributed by atoms with E-state index in [-0.39, 0.29) is 0 Å². The molecular formula is C13H24N4. The summed E-state index contributed by atoms with van der Waals surface area (Å²) in [5.74, 6) is 0.603. The monoisotopic (exact) mass is 236 g/mol. The Kier molecular flexibility index (Phi) is 4.18. The van der Waals surface area contributed by atoms with E-state index in [0.717, 1.165) is 39.0 Å². The molecule has 2 unspecified atom stereocenters. The molecular weight excluding hydrogens is 212 g/mol. The molecule has 2 atom stereocenters. The molecule has 0 amide bonds. The highest BCUT2D eigenvalue weighted by Gasteiger charge is 2.23. The van der Waals surface area contributed by atoms with Gasteiger partial charge in [-0.15, -0.1) is 0 Å². The fourth-order valence-electron chi connectivity index (χ4n) is 2.54. The van der Waals surface area contributed by atoms with E-state index in [1.54, 1.807) is 0 Å². The molecule has 0 aliphatic carbocycles. The van der Waals surface area contributed by atoms with Crippen LogP contribution in [0, 0.1) is 5.92 Å². The number of hydrogen-bond donors (Lipinski definition) is 1. The van der Waals surface area contributed by atoms with Crippen LogP contribution in [0.25, 0.3) is 0 Å². The number of aromatic nitrogens is 2. The molecule has 4 nitrogen and oxygen atoms in total. The topological polar surface area (TPSA) is 47.1 Å². The lowest BCUT2D eigenvalue weighted by Gasteiger charge is -2.35. The number of likely N-dealkylation sites (tertiary alicyclic amines) is 1. The Morgan fingerprint density at radius 1 is 1.53 bits per heavy atom. The maximum atomic E-state index is 6.05. The molecule has 0 bridgehead atoms. The van der Waals surface area contributed by atoms with Gasteiger partial charge in [-0.2, -0.15) is 0 Å². The number of aryl methyl sites for hydroxylation is 1. The van der Waals surface area contributed by atoms with E-state index in [1.807, 2.05) is 12.5 Å². The van der Waals surface area contributed by atoms with Gasteiger partial charge in [0, 0.05) is 38.4 Å². The molecule has 1 fully saturated rings. The standard InChI is InChI=1S/C13H24N4/c1-3-5-17-10-15-7-12(17)9-16-6-4-13(14)11(2)8-16/h7,10-11,13H,3-6,8-9,14H2,1-2H3. The number of imidazole rings is 1. The van der Waals surface area contributed by atoms with Gasteiger partial charge in [-0.05, 0) is 18.8 Å². The average Bonchev–Trinajstić information content (AvgIpc) is 2.72. The minimum Gasteiger partial charge on any atom is -0.333 e. The van der Waals surface area contributed by atoms with Crippen molar-refractivity contribution in [2.24, 2.45) is 11.7 Å². The molecule has 1 aliphatic rings. The van der Waals surface area contributed by atoms with Crippen molar-refractivity contribution < 1.29 is 0 Å². The molecule has 1 saturated heterocycles. The molecule has 2 N–H and O–H groups in total. The van der Waals surface area contributed by atoms with Crippen molar-refractivity contribution in [2.75, 3.05) is 13.1 Å². The number of hydrogen-bond acceptors (Lipinski definition) is 3. The second kappa shape index (κ2) is 5.65. The molecule has 1 aromatic rings. The second-order valence-electron chi connectivity index (χ2n) is 5.24. The Morgan fingerprint density at radius 2 is 2.35 bits per heavy atom. The molecule has 0 spiro atoms. The average molecular weight is 236 g/mol. The molecule has 1 aromatic heterocycles. The van der Waals surface area contributed by atoms with E-state index in [1.165, 1.54) is 5.69 Å². The van der Waals surface area contributed by atoms with Gasteiger partial charge in [0.15, 0.2) is 0 Å². The summed E-state index contributed by atoms with van der Waals surface area (Å²) in [6.07, 6.45) is 6.21. The van der Waals surface area contributed by atoms with Gasteiger partial charge in [-0.25, -0.2) is 4.98 Å². The van der Waals surface area contributed by atoms with E-state index in [9.17, 15) is 0 Å². The van der Waals surface area contributed by atoms with Gasteiger partial charge in [-0.3, -0.25) is 4.90 Å². The maximum absolute atomic E-state index is 6.05. The van der Waals surface area contributed by atoms with Crippen LogP contribution in [-0.4, -0.2) is 33.6 Å². The molecule has 96 valence electrons. The number of nitrogens with two attached hydrogens (primary N) is 1. The Balaban J connectivity index is 1.94. The fourth-order valence-corrected chi connectivity index (χ4v) is 2.54. The molecule has 2 rings (SSSR count). The zero-order valence-corrected chi connectivity index (χ0v) is 11.0. The first kappa shape index (κ1) is 12.6. The fraction of sp³-hybridized carbons (Fsp3) is 0.769. The predicted octanol–water partition coefficient (Wildman–Crippen LogP) is 1.46. The van der Waals surface area contributed by atoms with Gasteiger partial charge in [-0.1, -0.05) is 13.8 Å². The predicted molar refractivity (Wildman–Crippen MR) is 69.6 cm³/mol. The van der Waals surface area contributed by atoms with Crippen molar-refractivity contribution in [3.05, 3.63) is 18.2 Å². The second-order valence-corrected chi connectivity index (χ2v) is 5.24. The highest BCUT2D eigenvalue weighted by atomic mass is 15.2. The quantitative estimate of drug-likeness (QED) is 0.861. The van der Waals surface area contributed by atoms with Crippen molar-refractivity contribution in [3.8, 4) is 0 Å². The molecule has 0 saturated carbocycles. The van der Waals surface area contributed by atoms with Crippen LogP contribution in [0.4, 0.5) is 0 Å². The van der Waals surface area contributed by atoms with Gasteiger partial charge in [0.1, 0.15) is 0 Å². The van der Waals surface area contributed by atoms with Crippen LogP contribution in [0.2, 0.25) is 0 Å². The third-order valence-corrected chi connectivity index (χ3v) is 3.70. The van der Waals surface area contributed by atoms with Crippen LogP contribution in [-0.2, 0) is 13.1 Å². The van der Waals surface area contributed by atoms with Gasteiger partial charge in [0.25, 0.3) is 0 Å². The lowest BCUT2D eigenvalue weighted by molar-refractivity contribution is 0.154. The van der Waals surface area contributed by atoms with E-state index in [2.05, 4.69) is 28.3 Å². The summed E-state index contributed by atoms with van der Waals surface area (Å²) in [5.41, 5.74) is 7.38. The normalized spacial score (nSPS) is 26.3. The largest absolute Gasteiger partial charge is 0.333 e. The van der Waals surface area contributed by atoms with E-state index in [4.69, 9.17) is 5.73 Å². The van der Waals surface area contributed by atoms with E-state index < -0.39 is 0 Å². The molecule has 4 heteroatoms. The highest BCUT2D eigenvalue weighted by Crippen LogP contribution is 2.17. The van der Waals surface area contributed by atoms with Gasteiger partial charge in [0.05, 0.1) is 12.0 Å². The van der Waals surface area contributed by atoms with Crippen LogP contribution in [0.15, 0.2) is 12.5 Å². The SMILES string of the molecule is CCCn1cncc1CN1CCC(N)C(C)C1. The molecule has 1 aliphatic heterocycles. The third-order valence-electron chi connectivity index (χ3n) is 3.70. The van der Waals surface area contributed by atoms with Gasteiger partial charge >= 0.3 is 0 Å². The summed E-state index contributed by atoms with van der Waals surface area (Å²) in [6.45, 7) is 8.75. The minimum atomic E-state index is 0.381. The Morgan fingerprint density at radius 3 is 3.06 bits per heavy atom. The first-order valence-corrected chi connectivity index (χ1v) is 6.67. The zero-order chi connectivity index (χ0) is 12.3. The number of rotatable bonds is 4. The lowest BCUT2D eigenvalue weighted by atomic mass is 9.95. The van der Waals surface area contributed by atoms with Crippen molar-refractivity contribution in [3.63, 3.8) is 0 Å². The summed E-state index contributed by atoms with van der Waals surface area (Å²) < 4.78 is 2.26. The summed E-state index contributed by atoms with van der Waals surface area (Å²) >= 11 is 0. The van der Waals surface area contributed by atoms with Crippen LogP contribution in [0.1, 0.15) is 32.4 Å². The molecule has 17 heavy (non-hydrogen) atoms. The Labute approximate surface area is 104 Å². The summed E-state index contributed by atoms with van der Waals surface area (Å²) in [7, 11) is 0. The van der Waals surface area contributed by atoms with Crippen molar-refractivity contribution in [1.82, 2.24) is 14.5 Å². The Hall–Kier alpha value is -0.870. The minimum absolute atomic E-state index is 0.381. The maximum Gasteiger partial charge on any atom is 0.0948 e. The number of nitrogens with zero attached hydrogens (tertiary/aromatic N) is 3. The first-order valence-electron chi connectivity index (χ1n) is 6.67. The summed E-state index contributed by atoms with van der Waals surface area (Å²) in [6, 6.07) is 0.381.